The van der Waals surface area contributed by atoms with Crippen molar-refractivity contribution in [3.8, 4) is 5.75 Å². The molecular weight excluding hydrogens is 411 g/mol. The number of nitrogens with two attached hydrogens (primary N) is 1. The van der Waals surface area contributed by atoms with Gasteiger partial charge >= 0.3 is 0 Å². The SMILES string of the molecule is C=CN=C/C=C/CC(=O)C(C=C)C/C(=C/CN)c1cccc(OCC(O)OC(C)C)c1.F. The number of hydrogen-bond donors (Lipinski definition) is 2. The van der Waals surface area contributed by atoms with E-state index in [1.54, 1.807) is 30.5 Å². The maximum absolute atomic E-state index is 12.6. The lowest BCUT2D eigenvalue weighted by molar-refractivity contribution is -0.142. The molecule has 7 heteroatoms. The first-order valence-electron chi connectivity index (χ1n) is 10.3. The van der Waals surface area contributed by atoms with Crippen LogP contribution in [0.4, 0.5) is 4.70 Å². The summed E-state index contributed by atoms with van der Waals surface area (Å²) >= 11 is 0. The minimum absolute atomic E-state index is 0. The zero-order valence-electron chi connectivity index (χ0n) is 18.9. The second-order valence-electron chi connectivity index (χ2n) is 7.07. The molecule has 0 spiro atoms. The molecule has 2 unspecified atom stereocenters. The van der Waals surface area contributed by atoms with Gasteiger partial charge in [0.05, 0.1) is 6.10 Å². The third kappa shape index (κ3) is 11.5. The third-order valence-electron chi connectivity index (χ3n) is 4.26. The van der Waals surface area contributed by atoms with E-state index in [1.165, 1.54) is 6.20 Å². The molecule has 3 N–H and O–H groups in total. The van der Waals surface area contributed by atoms with Crippen LogP contribution < -0.4 is 10.5 Å². The van der Waals surface area contributed by atoms with Gasteiger partial charge in [-0.05, 0) is 49.6 Å². The van der Waals surface area contributed by atoms with Gasteiger partial charge in [0.25, 0.3) is 0 Å². The summed E-state index contributed by atoms with van der Waals surface area (Å²) in [6.07, 6.45) is 9.71. The Kier molecular flexibility index (Phi) is 15.3. The number of benzene rings is 1. The van der Waals surface area contributed by atoms with Gasteiger partial charge in [-0.1, -0.05) is 36.9 Å². The Balaban J connectivity index is 0.00000961. The maximum atomic E-state index is 12.6. The Labute approximate surface area is 190 Å². The summed E-state index contributed by atoms with van der Waals surface area (Å²) in [5.41, 5.74) is 7.60. The molecule has 0 heterocycles. The maximum Gasteiger partial charge on any atom is 0.189 e. The van der Waals surface area contributed by atoms with Gasteiger partial charge in [0.1, 0.15) is 18.1 Å². The molecule has 2 atom stereocenters. The first kappa shape index (κ1) is 29.1. The molecule has 0 aliphatic carbocycles. The minimum Gasteiger partial charge on any atom is -0.488 e. The standard InChI is InChI=1S/C25H34N2O4.FH/c1-5-20(24(28)12-7-8-15-27-6-2)16-22(13-14-26)21-10-9-11-23(17-21)30-18-25(29)31-19(3)4;/h5-11,13,15,17,19-20,25,29H,1-2,12,14,16,18,26H2,3-4H3;1H/b8-7+,22-13-,27-15?;. The van der Waals surface area contributed by atoms with Crippen molar-refractivity contribution in [1.82, 2.24) is 0 Å². The number of aliphatic imine (C=N–C) groups is 1. The highest BCUT2D eigenvalue weighted by atomic mass is 19.0. The lowest BCUT2D eigenvalue weighted by atomic mass is 9.89. The van der Waals surface area contributed by atoms with E-state index >= 15 is 0 Å². The van der Waals surface area contributed by atoms with Crippen LogP contribution in [0.15, 0.2) is 72.9 Å². The van der Waals surface area contributed by atoms with Gasteiger partial charge in [0.2, 0.25) is 0 Å². The molecule has 1 aromatic carbocycles. The number of ketones is 1. The van der Waals surface area contributed by atoms with Crippen LogP contribution in [0.5, 0.6) is 5.75 Å². The minimum atomic E-state index is -1.00. The van der Waals surface area contributed by atoms with Crippen LogP contribution >= 0.6 is 0 Å². The average Bonchev–Trinajstić information content (AvgIpc) is 2.74. The van der Waals surface area contributed by atoms with Crippen molar-refractivity contribution in [2.24, 2.45) is 16.6 Å². The number of aliphatic hydroxyl groups excluding tert-OH is 1. The number of carbonyl (C=O) groups is 1. The number of Topliss-reactive ketones (excluding diaryl/α,β-unsaturated/α-hetero) is 1. The Bertz CT molecular complexity index is 803. The Morgan fingerprint density at radius 2 is 2.06 bits per heavy atom. The van der Waals surface area contributed by atoms with Crippen LogP contribution in [-0.2, 0) is 9.53 Å². The average molecular weight is 447 g/mol. The van der Waals surface area contributed by atoms with E-state index in [2.05, 4.69) is 18.2 Å². The van der Waals surface area contributed by atoms with Crippen LogP contribution in [0, 0.1) is 5.92 Å². The lowest BCUT2D eigenvalue weighted by Gasteiger charge is -2.17. The molecule has 0 aliphatic heterocycles. The molecule has 176 valence electrons. The number of carbonyl (C=O) groups excluding carboxylic acids is 1. The van der Waals surface area contributed by atoms with Crippen molar-refractivity contribution in [2.45, 2.75) is 39.1 Å². The van der Waals surface area contributed by atoms with Gasteiger partial charge < -0.3 is 20.3 Å². The second kappa shape index (κ2) is 16.8. The summed E-state index contributed by atoms with van der Waals surface area (Å²) in [7, 11) is 0. The molecule has 0 saturated heterocycles. The van der Waals surface area contributed by atoms with Crippen LogP contribution in [-0.4, -0.2) is 42.7 Å². The fraction of sp³-hybridized carbons (Fsp3) is 0.360. The molecule has 1 rings (SSSR count). The van der Waals surface area contributed by atoms with Crippen molar-refractivity contribution in [3.05, 3.63) is 73.5 Å². The summed E-state index contributed by atoms with van der Waals surface area (Å²) in [4.78, 5) is 16.5. The quantitative estimate of drug-likeness (QED) is 0.239. The van der Waals surface area contributed by atoms with Crippen molar-refractivity contribution in [1.29, 1.82) is 0 Å². The number of allylic oxidation sites excluding steroid dienone is 4. The normalized spacial score (nSPS) is 13.7. The molecule has 1 aromatic rings. The van der Waals surface area contributed by atoms with Crippen LogP contribution in [0.3, 0.4) is 0 Å². The highest BCUT2D eigenvalue weighted by Gasteiger charge is 2.17. The van der Waals surface area contributed by atoms with Crippen molar-refractivity contribution in [2.75, 3.05) is 13.2 Å². The third-order valence-corrected chi connectivity index (χ3v) is 4.26. The summed E-state index contributed by atoms with van der Waals surface area (Å²) in [5.74, 6) is 0.310. The number of halogens is 1. The number of aliphatic hydroxyl groups is 1. The van der Waals surface area contributed by atoms with E-state index in [0.717, 1.165) is 11.1 Å². The summed E-state index contributed by atoms with van der Waals surface area (Å²) in [6.45, 7) is 11.4. The number of hydrogen-bond acceptors (Lipinski definition) is 6. The number of rotatable bonds is 15. The van der Waals surface area contributed by atoms with Gasteiger partial charge in [-0.15, -0.1) is 6.58 Å². The van der Waals surface area contributed by atoms with E-state index in [9.17, 15) is 9.90 Å². The summed E-state index contributed by atoms with van der Waals surface area (Å²) < 4.78 is 10.9. The van der Waals surface area contributed by atoms with E-state index in [1.807, 2.05) is 38.1 Å². The lowest BCUT2D eigenvalue weighted by Crippen LogP contribution is -2.24. The molecule has 0 aromatic heterocycles. The van der Waals surface area contributed by atoms with Crippen molar-refractivity contribution >= 4 is 17.6 Å². The fourth-order valence-electron chi connectivity index (χ4n) is 2.84. The number of nitrogens with zero attached hydrogens (tertiary/aromatic N) is 1. The second-order valence-corrected chi connectivity index (χ2v) is 7.07. The fourth-order valence-corrected chi connectivity index (χ4v) is 2.84. The first-order chi connectivity index (χ1) is 14.9. The first-order valence-corrected chi connectivity index (χ1v) is 10.3. The molecule has 0 radical (unpaired) electrons. The van der Waals surface area contributed by atoms with Gasteiger partial charge in [-0.3, -0.25) is 14.5 Å². The number of ether oxygens (including phenoxy) is 2. The molecule has 0 aliphatic rings. The smallest absolute Gasteiger partial charge is 0.189 e. The molecule has 0 amide bonds. The van der Waals surface area contributed by atoms with Gasteiger partial charge in [-0.25, -0.2) is 0 Å². The molecular formula is C25H35FN2O4. The van der Waals surface area contributed by atoms with Gasteiger partial charge in [-0.2, -0.15) is 0 Å². The molecule has 0 saturated carbocycles. The summed E-state index contributed by atoms with van der Waals surface area (Å²) in [6, 6.07) is 7.46. The molecule has 0 fully saturated rings. The highest BCUT2D eigenvalue weighted by Crippen LogP contribution is 2.27. The zero-order valence-corrected chi connectivity index (χ0v) is 18.9. The predicted molar refractivity (Wildman–Crippen MR) is 129 cm³/mol. The molecule has 6 nitrogen and oxygen atoms in total. The Morgan fingerprint density at radius 1 is 1.31 bits per heavy atom. The zero-order chi connectivity index (χ0) is 23.1. The van der Waals surface area contributed by atoms with Crippen molar-refractivity contribution in [3.63, 3.8) is 0 Å². The molecule has 32 heavy (non-hydrogen) atoms. The highest BCUT2D eigenvalue weighted by molar-refractivity contribution is 5.87. The Morgan fingerprint density at radius 3 is 2.69 bits per heavy atom. The van der Waals surface area contributed by atoms with Gasteiger partial charge in [0, 0.05) is 31.3 Å². The molecule has 0 bridgehead atoms. The van der Waals surface area contributed by atoms with Crippen LogP contribution in [0.25, 0.3) is 5.57 Å². The van der Waals surface area contributed by atoms with E-state index in [-0.39, 0.29) is 35.5 Å². The topological polar surface area (TPSA) is 94.1 Å². The van der Waals surface area contributed by atoms with Crippen LogP contribution in [0.1, 0.15) is 32.3 Å². The van der Waals surface area contributed by atoms with E-state index < -0.39 is 6.29 Å². The van der Waals surface area contributed by atoms with Crippen LogP contribution in [0.2, 0.25) is 0 Å². The van der Waals surface area contributed by atoms with E-state index in [0.29, 0.717) is 18.7 Å². The monoisotopic (exact) mass is 446 g/mol. The summed E-state index contributed by atoms with van der Waals surface area (Å²) in [5, 5.41) is 9.83. The Hall–Kier alpha value is -2.87. The van der Waals surface area contributed by atoms with E-state index in [4.69, 9.17) is 15.2 Å². The van der Waals surface area contributed by atoms with Gasteiger partial charge in [0.15, 0.2) is 6.29 Å². The largest absolute Gasteiger partial charge is 0.488 e. The van der Waals surface area contributed by atoms with Crippen molar-refractivity contribution < 1.29 is 24.1 Å². The predicted octanol–water partition coefficient (Wildman–Crippen LogP) is 4.23.